The van der Waals surface area contributed by atoms with Crippen molar-refractivity contribution in [3.8, 4) is 62.1 Å². The van der Waals surface area contributed by atoms with Crippen LogP contribution in [0.15, 0.2) is 198 Å². The van der Waals surface area contributed by atoms with E-state index >= 15 is 0 Å². The van der Waals surface area contributed by atoms with Crippen molar-refractivity contribution in [1.82, 2.24) is 19.5 Å². The number of nitrogens with zero attached hydrogens (tertiary/aromatic N) is 4. The van der Waals surface area contributed by atoms with Crippen LogP contribution in [0.3, 0.4) is 0 Å². The molecule has 0 unspecified atom stereocenters. The van der Waals surface area contributed by atoms with Crippen molar-refractivity contribution in [2.24, 2.45) is 0 Å². The lowest BCUT2D eigenvalue weighted by Crippen LogP contribution is -2.01. The van der Waals surface area contributed by atoms with E-state index in [2.05, 4.69) is 83.4 Å². The molecule has 0 radical (unpaired) electrons. The third-order valence-electron chi connectivity index (χ3n) is 10.3. The molecule has 0 aliphatic heterocycles. The second-order valence-electron chi connectivity index (χ2n) is 13.6. The number of hydrogen-bond acceptors (Lipinski definition) is 4. The number of furan rings is 1. The molecule has 3 heterocycles. The molecular formula is C51H32N4O. The lowest BCUT2D eigenvalue weighted by molar-refractivity contribution is 0.669. The SMILES string of the molecule is [2H]c1c([2H])c([2H])c(-c2ccc(-c3nc(-c4ccccc4)nc(-c4cc(-n5c6ccccc6c6ccccc65)cc5c4oc4cccc(-c6ccccc6)c45)n3)cc2)c([2H])c1[2H]. The fourth-order valence-electron chi connectivity index (χ4n) is 7.79. The van der Waals surface area contributed by atoms with E-state index in [4.69, 9.17) is 26.2 Å². The van der Waals surface area contributed by atoms with E-state index in [0.29, 0.717) is 39.7 Å². The summed E-state index contributed by atoms with van der Waals surface area (Å²) in [4.78, 5) is 15.3. The molecule has 11 rings (SSSR count). The lowest BCUT2D eigenvalue weighted by atomic mass is 9.98. The summed E-state index contributed by atoms with van der Waals surface area (Å²) < 4.78 is 50.7. The van der Waals surface area contributed by atoms with E-state index in [1.807, 2.05) is 60.7 Å². The highest BCUT2D eigenvalue weighted by Crippen LogP contribution is 2.43. The van der Waals surface area contributed by atoms with Gasteiger partial charge in [-0.15, -0.1) is 0 Å². The lowest BCUT2D eigenvalue weighted by Gasteiger charge is -2.13. The van der Waals surface area contributed by atoms with Crippen LogP contribution in [0.1, 0.15) is 6.85 Å². The highest BCUT2D eigenvalue weighted by Gasteiger charge is 2.23. The maximum atomic E-state index is 8.55. The molecule has 0 atom stereocenters. The molecule has 0 bridgehead atoms. The van der Waals surface area contributed by atoms with Crippen molar-refractivity contribution in [3.63, 3.8) is 0 Å². The molecule has 8 aromatic carbocycles. The van der Waals surface area contributed by atoms with Crippen molar-refractivity contribution in [2.45, 2.75) is 0 Å². The van der Waals surface area contributed by atoms with Crippen LogP contribution in [0, 0.1) is 0 Å². The van der Waals surface area contributed by atoms with Gasteiger partial charge in [0.05, 0.1) is 23.5 Å². The van der Waals surface area contributed by atoms with Crippen LogP contribution >= 0.6 is 0 Å². The van der Waals surface area contributed by atoms with Gasteiger partial charge in [-0.1, -0.05) is 164 Å². The van der Waals surface area contributed by atoms with Gasteiger partial charge in [0.15, 0.2) is 17.5 Å². The fourth-order valence-corrected chi connectivity index (χ4v) is 7.79. The van der Waals surface area contributed by atoms with Gasteiger partial charge >= 0.3 is 0 Å². The zero-order chi connectivity index (χ0) is 41.4. The van der Waals surface area contributed by atoms with Crippen LogP contribution in [0.2, 0.25) is 0 Å². The first-order valence-electron chi connectivity index (χ1n) is 20.9. The molecule has 11 aromatic rings. The maximum Gasteiger partial charge on any atom is 0.167 e. The number of hydrogen-bond donors (Lipinski definition) is 0. The Bertz CT molecular complexity index is 3450. The van der Waals surface area contributed by atoms with Gasteiger partial charge in [0.2, 0.25) is 0 Å². The molecule has 3 aromatic heterocycles. The summed E-state index contributed by atoms with van der Waals surface area (Å²) in [6, 6.07) is 52.7. The first-order valence-corrected chi connectivity index (χ1v) is 18.4. The summed E-state index contributed by atoms with van der Waals surface area (Å²) in [5, 5.41) is 4.17. The quantitative estimate of drug-likeness (QED) is 0.172. The van der Waals surface area contributed by atoms with Crippen molar-refractivity contribution >= 4 is 43.7 Å². The standard InChI is InChI=1S/C51H32N4O/c1-4-15-33(16-5-1)34-27-29-37(30-28-34)50-52-49(36-19-8-3-9-20-36)53-51(54-50)43-32-38(55-44-24-12-10-21-40(44)41-22-11-13-25-45(41)55)31-42-47-39(35-17-6-2-7-18-35)23-14-26-46(47)56-48(42)43/h1-32H/i1D,4D,5D,15D,16D. The topological polar surface area (TPSA) is 56.7 Å². The van der Waals surface area contributed by atoms with Crippen molar-refractivity contribution in [1.29, 1.82) is 0 Å². The first kappa shape index (κ1) is 27.0. The number of benzene rings is 8. The Balaban J connectivity index is 1.19. The largest absolute Gasteiger partial charge is 0.455 e. The predicted molar refractivity (Wildman–Crippen MR) is 229 cm³/mol. The van der Waals surface area contributed by atoms with E-state index in [-0.39, 0.29) is 29.7 Å². The predicted octanol–water partition coefficient (Wildman–Crippen LogP) is 13.2. The molecule has 5 nitrogen and oxygen atoms in total. The summed E-state index contributed by atoms with van der Waals surface area (Å²) in [7, 11) is 0. The molecule has 0 saturated heterocycles. The molecule has 56 heavy (non-hydrogen) atoms. The van der Waals surface area contributed by atoms with Gasteiger partial charge in [-0.2, -0.15) is 0 Å². The zero-order valence-electron chi connectivity index (χ0n) is 34.8. The Morgan fingerprint density at radius 3 is 1.68 bits per heavy atom. The summed E-state index contributed by atoms with van der Waals surface area (Å²) >= 11 is 0. The molecule has 0 aliphatic carbocycles. The number of para-hydroxylation sites is 2. The molecule has 0 aliphatic rings. The van der Waals surface area contributed by atoms with Gasteiger partial charge in [0.1, 0.15) is 11.2 Å². The Morgan fingerprint density at radius 1 is 0.429 bits per heavy atom. The Hall–Kier alpha value is -7.63. The zero-order valence-corrected chi connectivity index (χ0v) is 29.8. The van der Waals surface area contributed by atoms with Crippen LogP contribution in [0.25, 0.3) is 106 Å². The maximum absolute atomic E-state index is 8.55. The molecule has 0 amide bonds. The summed E-state index contributed by atoms with van der Waals surface area (Å²) in [5.74, 6) is 1.27. The molecule has 262 valence electrons. The third-order valence-corrected chi connectivity index (χ3v) is 10.3. The minimum absolute atomic E-state index is 0.128. The molecule has 0 saturated carbocycles. The smallest absolute Gasteiger partial charge is 0.167 e. The Labute approximate surface area is 329 Å². The van der Waals surface area contributed by atoms with Gasteiger partial charge < -0.3 is 8.98 Å². The normalized spacial score (nSPS) is 12.8. The Kier molecular flexibility index (Phi) is 6.29. The van der Waals surface area contributed by atoms with Crippen LogP contribution in [0.4, 0.5) is 0 Å². The third kappa shape index (κ3) is 5.29. The average Bonchev–Trinajstić information content (AvgIpc) is 3.87. The van der Waals surface area contributed by atoms with Crippen LogP contribution in [-0.4, -0.2) is 19.5 Å². The summed E-state index contributed by atoms with van der Waals surface area (Å²) in [5.41, 5.74) is 9.26. The molecule has 0 spiro atoms. The average molecular weight is 722 g/mol. The van der Waals surface area contributed by atoms with Crippen molar-refractivity contribution in [2.75, 3.05) is 0 Å². The van der Waals surface area contributed by atoms with Crippen LogP contribution in [0.5, 0.6) is 0 Å². The second kappa shape index (κ2) is 13.0. The van der Waals surface area contributed by atoms with E-state index < -0.39 is 6.04 Å². The first-order chi connectivity index (χ1) is 29.8. The monoisotopic (exact) mass is 721 g/mol. The van der Waals surface area contributed by atoms with Crippen molar-refractivity contribution in [3.05, 3.63) is 194 Å². The van der Waals surface area contributed by atoms with E-state index in [1.165, 1.54) is 0 Å². The summed E-state index contributed by atoms with van der Waals surface area (Å²) in [6.07, 6.45) is 0. The van der Waals surface area contributed by atoms with E-state index in [0.717, 1.165) is 60.5 Å². The summed E-state index contributed by atoms with van der Waals surface area (Å²) in [6.45, 7) is 0. The highest BCUT2D eigenvalue weighted by molar-refractivity contribution is 6.16. The molecule has 5 heteroatoms. The van der Waals surface area contributed by atoms with Crippen LogP contribution < -0.4 is 0 Å². The van der Waals surface area contributed by atoms with Gasteiger partial charge in [0, 0.05) is 38.4 Å². The van der Waals surface area contributed by atoms with E-state index in [9.17, 15) is 0 Å². The minimum Gasteiger partial charge on any atom is -0.455 e. The Morgan fingerprint density at radius 2 is 1.00 bits per heavy atom. The number of fused-ring (bicyclic) bond motifs is 6. The van der Waals surface area contributed by atoms with Gasteiger partial charge in [-0.05, 0) is 52.6 Å². The van der Waals surface area contributed by atoms with Gasteiger partial charge in [-0.3, -0.25) is 0 Å². The highest BCUT2D eigenvalue weighted by atomic mass is 16.3. The number of rotatable bonds is 6. The van der Waals surface area contributed by atoms with Gasteiger partial charge in [0.25, 0.3) is 0 Å². The second-order valence-corrected chi connectivity index (χ2v) is 13.6. The van der Waals surface area contributed by atoms with Crippen molar-refractivity contribution < 1.29 is 11.3 Å². The van der Waals surface area contributed by atoms with Crippen LogP contribution in [-0.2, 0) is 0 Å². The molecule has 0 fully saturated rings. The van der Waals surface area contributed by atoms with Gasteiger partial charge in [-0.25, -0.2) is 15.0 Å². The number of aromatic nitrogens is 4. The fraction of sp³-hybridized carbons (Fsp3) is 0. The van der Waals surface area contributed by atoms with E-state index in [1.54, 1.807) is 24.3 Å². The molecular weight excluding hydrogens is 685 g/mol. The molecule has 0 N–H and O–H groups in total. The minimum atomic E-state index is -0.432.